The van der Waals surface area contributed by atoms with Crippen LogP contribution in [0.4, 0.5) is 5.69 Å². The summed E-state index contributed by atoms with van der Waals surface area (Å²) in [6, 6.07) is 11.9. The van der Waals surface area contributed by atoms with Gasteiger partial charge < -0.3 is 14.4 Å². The number of para-hydroxylation sites is 1. The molecule has 1 N–H and O–H groups in total. The number of hydrogen-bond acceptors (Lipinski definition) is 5. The molecule has 3 heterocycles. The highest BCUT2D eigenvalue weighted by Crippen LogP contribution is 2.40. The minimum atomic E-state index is -0.0899. The van der Waals surface area contributed by atoms with Crippen LogP contribution in [0.5, 0.6) is 0 Å². The molecule has 1 amide bonds. The van der Waals surface area contributed by atoms with Crippen LogP contribution < -0.4 is 5.32 Å². The maximum Gasteiger partial charge on any atom is 0.270 e. The topological polar surface area (TPSA) is 73.0 Å². The molecule has 0 atom stereocenters. The maximum absolute atomic E-state index is 12.5. The zero-order valence-electron chi connectivity index (χ0n) is 13.9. The Morgan fingerprint density at radius 3 is 3.04 bits per heavy atom. The summed E-state index contributed by atoms with van der Waals surface area (Å²) in [5, 5.41) is 10.1. The second-order valence-electron chi connectivity index (χ2n) is 6.45. The Kier molecular flexibility index (Phi) is 3.60. The van der Waals surface area contributed by atoms with Gasteiger partial charge in [-0.25, -0.2) is 0 Å². The van der Waals surface area contributed by atoms with Crippen LogP contribution in [0.25, 0.3) is 21.7 Å². The van der Waals surface area contributed by atoms with Gasteiger partial charge in [0.2, 0.25) is 5.91 Å². The molecule has 1 aromatic carbocycles. The normalized spacial score (nSPS) is 14.0. The van der Waals surface area contributed by atoms with E-state index in [9.17, 15) is 4.79 Å². The van der Waals surface area contributed by atoms with Crippen molar-refractivity contribution in [2.75, 3.05) is 5.32 Å². The maximum atomic E-state index is 12.5. The van der Waals surface area contributed by atoms with Gasteiger partial charge in [0.25, 0.3) is 5.89 Å². The fraction of sp³-hybridized carbons (Fsp3) is 0.211. The van der Waals surface area contributed by atoms with Gasteiger partial charge in [0, 0.05) is 17.6 Å². The van der Waals surface area contributed by atoms with Gasteiger partial charge in [0.05, 0.1) is 5.69 Å². The van der Waals surface area contributed by atoms with Gasteiger partial charge in [-0.1, -0.05) is 23.4 Å². The van der Waals surface area contributed by atoms with Crippen LogP contribution in [0, 0.1) is 0 Å². The third kappa shape index (κ3) is 2.80. The van der Waals surface area contributed by atoms with Crippen LogP contribution in [0.15, 0.2) is 52.5 Å². The number of benzene rings is 1. The van der Waals surface area contributed by atoms with Crippen LogP contribution in [-0.4, -0.2) is 20.6 Å². The number of amides is 1. The lowest BCUT2D eigenvalue weighted by Gasteiger charge is -2.07. The lowest BCUT2D eigenvalue weighted by molar-refractivity contribution is -0.116. The SMILES string of the molecule is O=C(Cn1ccc2ccccc21)Nc1ccsc1-c1nc(C2CC2)no1. The molecule has 1 saturated carbocycles. The average Bonchev–Trinajstić information content (AvgIpc) is 3.05. The monoisotopic (exact) mass is 364 g/mol. The van der Waals surface area contributed by atoms with Gasteiger partial charge in [0.1, 0.15) is 11.4 Å². The zero-order chi connectivity index (χ0) is 17.5. The van der Waals surface area contributed by atoms with E-state index in [1.807, 2.05) is 52.5 Å². The van der Waals surface area contributed by atoms with Gasteiger partial charge in [-0.2, -0.15) is 4.98 Å². The molecule has 0 spiro atoms. The molecule has 1 aliphatic carbocycles. The number of carbonyl (C=O) groups excluding carboxylic acids is 1. The van der Waals surface area contributed by atoms with E-state index in [-0.39, 0.29) is 12.5 Å². The summed E-state index contributed by atoms with van der Waals surface area (Å²) in [5.74, 6) is 1.59. The van der Waals surface area contributed by atoms with Crippen molar-refractivity contribution < 1.29 is 9.32 Å². The number of carbonyl (C=O) groups is 1. The van der Waals surface area contributed by atoms with E-state index in [1.165, 1.54) is 11.3 Å². The predicted molar refractivity (Wildman–Crippen MR) is 100 cm³/mol. The molecule has 0 radical (unpaired) electrons. The first kappa shape index (κ1) is 15.3. The summed E-state index contributed by atoms with van der Waals surface area (Å²) in [6.45, 7) is 0.250. The molecular weight excluding hydrogens is 348 g/mol. The van der Waals surface area contributed by atoms with Crippen molar-refractivity contribution in [2.45, 2.75) is 25.3 Å². The molecule has 0 unspecified atom stereocenters. The number of rotatable bonds is 5. The molecule has 26 heavy (non-hydrogen) atoms. The largest absolute Gasteiger partial charge is 0.338 e. The Morgan fingerprint density at radius 1 is 1.27 bits per heavy atom. The summed E-state index contributed by atoms with van der Waals surface area (Å²) in [6.07, 6.45) is 4.17. The molecule has 5 rings (SSSR count). The standard InChI is InChI=1S/C19H16N4O2S/c24-16(11-23-9-7-12-3-1-2-4-15(12)23)20-14-8-10-26-17(14)19-21-18(22-25-19)13-5-6-13/h1-4,7-10,13H,5-6,11H2,(H,20,24). The van der Waals surface area contributed by atoms with Gasteiger partial charge in [0.15, 0.2) is 5.82 Å². The van der Waals surface area contributed by atoms with Crippen molar-refractivity contribution >= 4 is 33.8 Å². The van der Waals surface area contributed by atoms with Gasteiger partial charge in [-0.15, -0.1) is 11.3 Å². The van der Waals surface area contributed by atoms with E-state index in [0.717, 1.165) is 34.4 Å². The molecule has 3 aromatic heterocycles. The summed E-state index contributed by atoms with van der Waals surface area (Å²) in [4.78, 5) is 17.8. The third-order valence-corrected chi connectivity index (χ3v) is 5.41. The van der Waals surface area contributed by atoms with Crippen LogP contribution in [0.3, 0.4) is 0 Å². The number of nitrogens with one attached hydrogen (secondary N) is 1. The smallest absolute Gasteiger partial charge is 0.270 e. The first-order chi connectivity index (χ1) is 12.8. The quantitative estimate of drug-likeness (QED) is 0.574. The molecule has 130 valence electrons. The highest BCUT2D eigenvalue weighted by Gasteiger charge is 2.29. The van der Waals surface area contributed by atoms with E-state index in [2.05, 4.69) is 15.5 Å². The Balaban J connectivity index is 1.34. The van der Waals surface area contributed by atoms with Crippen molar-refractivity contribution in [3.05, 3.63) is 53.8 Å². The number of thiophene rings is 1. The average molecular weight is 364 g/mol. The van der Waals surface area contributed by atoms with Gasteiger partial charge in [-0.3, -0.25) is 4.79 Å². The third-order valence-electron chi connectivity index (χ3n) is 4.51. The molecule has 7 heteroatoms. The Morgan fingerprint density at radius 2 is 2.15 bits per heavy atom. The number of aromatic nitrogens is 3. The van der Waals surface area contributed by atoms with Crippen LogP contribution >= 0.6 is 11.3 Å². The second-order valence-corrected chi connectivity index (χ2v) is 7.36. The lowest BCUT2D eigenvalue weighted by Crippen LogP contribution is -2.18. The van der Waals surface area contributed by atoms with Gasteiger partial charge in [-0.05, 0) is 41.8 Å². The Hall–Kier alpha value is -2.93. The van der Waals surface area contributed by atoms with E-state index in [1.54, 1.807) is 0 Å². The fourth-order valence-electron chi connectivity index (χ4n) is 3.03. The molecule has 1 aliphatic rings. The van der Waals surface area contributed by atoms with E-state index < -0.39 is 0 Å². The molecule has 0 bridgehead atoms. The minimum Gasteiger partial charge on any atom is -0.338 e. The summed E-state index contributed by atoms with van der Waals surface area (Å²) in [7, 11) is 0. The number of anilines is 1. The van der Waals surface area contributed by atoms with E-state index >= 15 is 0 Å². The summed E-state index contributed by atoms with van der Waals surface area (Å²) >= 11 is 1.48. The number of nitrogens with zero attached hydrogens (tertiary/aromatic N) is 3. The molecule has 6 nitrogen and oxygen atoms in total. The lowest BCUT2D eigenvalue weighted by atomic mass is 10.2. The highest BCUT2D eigenvalue weighted by atomic mass is 32.1. The Labute approximate surface area is 153 Å². The molecular formula is C19H16N4O2S. The predicted octanol–water partition coefficient (Wildman–Crippen LogP) is 4.27. The van der Waals surface area contributed by atoms with Crippen molar-refractivity contribution in [3.8, 4) is 10.8 Å². The first-order valence-electron chi connectivity index (χ1n) is 8.53. The van der Waals surface area contributed by atoms with Crippen LogP contribution in [0.2, 0.25) is 0 Å². The van der Waals surface area contributed by atoms with Crippen molar-refractivity contribution in [3.63, 3.8) is 0 Å². The van der Waals surface area contributed by atoms with Crippen LogP contribution in [0.1, 0.15) is 24.6 Å². The van der Waals surface area contributed by atoms with Crippen molar-refractivity contribution in [1.29, 1.82) is 0 Å². The van der Waals surface area contributed by atoms with E-state index in [0.29, 0.717) is 17.5 Å². The molecule has 0 saturated heterocycles. The summed E-state index contributed by atoms with van der Waals surface area (Å²) < 4.78 is 7.33. The first-order valence-corrected chi connectivity index (χ1v) is 9.41. The second kappa shape index (κ2) is 6.10. The van der Waals surface area contributed by atoms with Gasteiger partial charge >= 0.3 is 0 Å². The van der Waals surface area contributed by atoms with E-state index in [4.69, 9.17) is 4.52 Å². The van der Waals surface area contributed by atoms with Crippen molar-refractivity contribution in [2.24, 2.45) is 0 Å². The number of hydrogen-bond donors (Lipinski definition) is 1. The fourth-order valence-corrected chi connectivity index (χ4v) is 3.80. The molecule has 4 aromatic rings. The summed E-state index contributed by atoms with van der Waals surface area (Å²) in [5.41, 5.74) is 1.75. The molecule has 0 aliphatic heterocycles. The van der Waals surface area contributed by atoms with Crippen molar-refractivity contribution in [1.82, 2.24) is 14.7 Å². The zero-order valence-corrected chi connectivity index (χ0v) is 14.7. The minimum absolute atomic E-state index is 0.0899. The number of fused-ring (bicyclic) bond motifs is 1. The van der Waals surface area contributed by atoms with Crippen LogP contribution in [-0.2, 0) is 11.3 Å². The highest BCUT2D eigenvalue weighted by molar-refractivity contribution is 7.14. The Bertz CT molecular complexity index is 1090. The molecule has 1 fully saturated rings.